The van der Waals surface area contributed by atoms with Gasteiger partial charge in [-0.25, -0.2) is 8.42 Å². The standard InChI is InChI=1S/C25H28O2S2/c1-18-11-12-19(2)22(15-18)17-20-7-6-8-21(16-20)24-13-14-25(28-24)29(26,27)23-9-4-3-5-10-23/h6-8,11-16,23H,3-5,9-10,17H2,1-2H3. The molecule has 0 N–H and O–H groups in total. The van der Waals surface area contributed by atoms with Crippen LogP contribution in [-0.4, -0.2) is 13.7 Å². The zero-order chi connectivity index (χ0) is 20.4. The Labute approximate surface area is 178 Å². The summed E-state index contributed by atoms with van der Waals surface area (Å²) in [6.07, 6.45) is 5.72. The van der Waals surface area contributed by atoms with Crippen LogP contribution in [0.3, 0.4) is 0 Å². The highest BCUT2D eigenvalue weighted by Gasteiger charge is 2.30. The minimum absolute atomic E-state index is 0.196. The predicted octanol–water partition coefficient (Wildman–Crippen LogP) is 6.73. The van der Waals surface area contributed by atoms with E-state index in [2.05, 4.69) is 56.3 Å². The smallest absolute Gasteiger partial charge is 0.190 e. The minimum Gasteiger partial charge on any atom is -0.223 e. The maximum Gasteiger partial charge on any atom is 0.190 e. The Balaban J connectivity index is 1.58. The van der Waals surface area contributed by atoms with Gasteiger partial charge in [0.2, 0.25) is 0 Å². The first-order valence-electron chi connectivity index (χ1n) is 10.4. The Morgan fingerprint density at radius 2 is 1.72 bits per heavy atom. The lowest BCUT2D eigenvalue weighted by molar-refractivity contribution is 0.484. The van der Waals surface area contributed by atoms with Gasteiger partial charge in [-0.2, -0.15) is 0 Å². The summed E-state index contributed by atoms with van der Waals surface area (Å²) in [6, 6.07) is 18.9. The molecule has 4 heteroatoms. The van der Waals surface area contributed by atoms with Crippen molar-refractivity contribution in [3.63, 3.8) is 0 Å². The molecule has 0 bridgehead atoms. The van der Waals surface area contributed by atoms with Gasteiger partial charge in [-0.1, -0.05) is 67.3 Å². The summed E-state index contributed by atoms with van der Waals surface area (Å²) in [5.74, 6) is 0. The van der Waals surface area contributed by atoms with Crippen molar-refractivity contribution in [2.24, 2.45) is 0 Å². The van der Waals surface area contributed by atoms with Gasteiger partial charge in [0.15, 0.2) is 9.84 Å². The van der Waals surface area contributed by atoms with Crippen molar-refractivity contribution in [3.05, 3.63) is 76.9 Å². The Bertz CT molecular complexity index is 1100. The van der Waals surface area contributed by atoms with Crippen molar-refractivity contribution < 1.29 is 8.42 Å². The lowest BCUT2D eigenvalue weighted by atomic mass is 9.97. The first kappa shape index (κ1) is 20.4. The molecule has 0 saturated heterocycles. The lowest BCUT2D eigenvalue weighted by Gasteiger charge is -2.20. The van der Waals surface area contributed by atoms with Gasteiger partial charge in [-0.05, 0) is 67.5 Å². The zero-order valence-electron chi connectivity index (χ0n) is 17.1. The van der Waals surface area contributed by atoms with Crippen LogP contribution >= 0.6 is 11.3 Å². The Hall–Kier alpha value is -1.91. The van der Waals surface area contributed by atoms with Crippen LogP contribution in [0.15, 0.2) is 58.8 Å². The van der Waals surface area contributed by atoms with Crippen molar-refractivity contribution in [2.45, 2.75) is 61.8 Å². The highest BCUT2D eigenvalue weighted by molar-refractivity contribution is 7.94. The van der Waals surface area contributed by atoms with E-state index in [1.165, 1.54) is 33.6 Å². The van der Waals surface area contributed by atoms with E-state index in [1.807, 2.05) is 6.07 Å². The third kappa shape index (κ3) is 4.49. The molecule has 0 aliphatic heterocycles. The molecule has 1 saturated carbocycles. The van der Waals surface area contributed by atoms with Crippen LogP contribution in [0, 0.1) is 13.8 Å². The SMILES string of the molecule is Cc1ccc(C)c(Cc2cccc(-c3ccc(S(=O)(=O)C4CCCCC4)s3)c2)c1. The largest absolute Gasteiger partial charge is 0.223 e. The van der Waals surface area contributed by atoms with Gasteiger partial charge < -0.3 is 0 Å². The van der Waals surface area contributed by atoms with E-state index in [4.69, 9.17) is 0 Å². The van der Waals surface area contributed by atoms with Gasteiger partial charge in [-0.3, -0.25) is 0 Å². The van der Waals surface area contributed by atoms with Crippen molar-refractivity contribution in [2.75, 3.05) is 0 Å². The summed E-state index contributed by atoms with van der Waals surface area (Å²) in [5.41, 5.74) is 6.27. The van der Waals surface area contributed by atoms with E-state index >= 15 is 0 Å². The van der Waals surface area contributed by atoms with Gasteiger partial charge >= 0.3 is 0 Å². The highest BCUT2D eigenvalue weighted by Crippen LogP contribution is 2.36. The van der Waals surface area contributed by atoms with Crippen molar-refractivity contribution in [1.29, 1.82) is 0 Å². The first-order chi connectivity index (χ1) is 13.9. The number of benzene rings is 2. The molecular weight excluding hydrogens is 396 g/mol. The van der Waals surface area contributed by atoms with E-state index in [0.717, 1.165) is 49.0 Å². The molecule has 0 spiro atoms. The monoisotopic (exact) mass is 424 g/mol. The van der Waals surface area contributed by atoms with Crippen LogP contribution in [-0.2, 0) is 16.3 Å². The molecule has 4 rings (SSSR count). The first-order valence-corrected chi connectivity index (χ1v) is 12.8. The van der Waals surface area contributed by atoms with E-state index in [1.54, 1.807) is 6.07 Å². The average Bonchev–Trinajstić information content (AvgIpc) is 3.23. The summed E-state index contributed by atoms with van der Waals surface area (Å²) in [4.78, 5) is 1.03. The topological polar surface area (TPSA) is 34.1 Å². The lowest BCUT2D eigenvalue weighted by Crippen LogP contribution is -2.23. The summed E-state index contributed by atoms with van der Waals surface area (Å²) in [7, 11) is -3.20. The molecule has 1 aromatic heterocycles. The molecule has 0 unspecified atom stereocenters. The average molecular weight is 425 g/mol. The molecule has 3 aromatic rings. The van der Waals surface area contributed by atoms with Crippen molar-refractivity contribution in [3.8, 4) is 10.4 Å². The molecule has 29 heavy (non-hydrogen) atoms. The summed E-state index contributed by atoms with van der Waals surface area (Å²) in [5, 5.41) is -0.196. The second-order valence-electron chi connectivity index (χ2n) is 8.23. The van der Waals surface area contributed by atoms with Crippen molar-refractivity contribution >= 4 is 21.2 Å². The van der Waals surface area contributed by atoms with Crippen LogP contribution in [0.4, 0.5) is 0 Å². The van der Waals surface area contributed by atoms with Gasteiger partial charge in [0.25, 0.3) is 0 Å². The molecule has 152 valence electrons. The Kier molecular flexibility index (Phi) is 5.93. The summed E-state index contributed by atoms with van der Waals surface area (Å²) >= 11 is 1.42. The third-order valence-corrected chi connectivity index (χ3v) is 9.89. The van der Waals surface area contributed by atoms with Crippen LogP contribution in [0.5, 0.6) is 0 Å². The van der Waals surface area contributed by atoms with Crippen LogP contribution < -0.4 is 0 Å². The van der Waals surface area contributed by atoms with Gasteiger partial charge in [0, 0.05) is 4.88 Å². The van der Waals surface area contributed by atoms with Gasteiger partial charge in [0.1, 0.15) is 4.21 Å². The molecule has 1 aliphatic carbocycles. The number of sulfone groups is 1. The predicted molar refractivity (Wildman–Crippen MR) is 123 cm³/mol. The molecule has 2 nitrogen and oxygen atoms in total. The maximum atomic E-state index is 13.0. The van der Waals surface area contributed by atoms with Crippen LogP contribution in [0.2, 0.25) is 0 Å². The molecule has 1 heterocycles. The summed E-state index contributed by atoms with van der Waals surface area (Å²) < 4.78 is 26.6. The zero-order valence-corrected chi connectivity index (χ0v) is 18.8. The molecule has 0 amide bonds. The van der Waals surface area contributed by atoms with Crippen molar-refractivity contribution in [1.82, 2.24) is 0 Å². The van der Waals surface area contributed by atoms with E-state index in [9.17, 15) is 8.42 Å². The third-order valence-electron chi connectivity index (χ3n) is 5.96. The fourth-order valence-electron chi connectivity index (χ4n) is 4.21. The highest BCUT2D eigenvalue weighted by atomic mass is 32.2. The number of aryl methyl sites for hydroxylation is 2. The van der Waals surface area contributed by atoms with E-state index in [0.29, 0.717) is 4.21 Å². The minimum atomic E-state index is -3.20. The molecule has 1 fully saturated rings. The molecule has 0 atom stereocenters. The number of thiophene rings is 1. The van der Waals surface area contributed by atoms with E-state index < -0.39 is 9.84 Å². The molecule has 2 aromatic carbocycles. The molecular formula is C25H28O2S2. The van der Waals surface area contributed by atoms with E-state index in [-0.39, 0.29) is 5.25 Å². The Morgan fingerprint density at radius 1 is 0.931 bits per heavy atom. The van der Waals surface area contributed by atoms with Crippen LogP contribution in [0.1, 0.15) is 54.4 Å². The quantitative estimate of drug-likeness (QED) is 0.455. The Morgan fingerprint density at radius 3 is 2.52 bits per heavy atom. The van der Waals surface area contributed by atoms with Gasteiger partial charge in [-0.15, -0.1) is 11.3 Å². The number of rotatable bonds is 5. The number of hydrogen-bond acceptors (Lipinski definition) is 3. The number of hydrogen-bond donors (Lipinski definition) is 0. The fourth-order valence-corrected chi connectivity index (χ4v) is 7.63. The second kappa shape index (κ2) is 8.45. The second-order valence-corrected chi connectivity index (χ2v) is 11.8. The maximum absolute atomic E-state index is 13.0. The normalized spacial score (nSPS) is 15.5. The van der Waals surface area contributed by atoms with Gasteiger partial charge in [0.05, 0.1) is 5.25 Å². The fraction of sp³-hybridized carbons (Fsp3) is 0.360. The van der Waals surface area contributed by atoms with Crippen LogP contribution in [0.25, 0.3) is 10.4 Å². The summed E-state index contributed by atoms with van der Waals surface area (Å²) in [6.45, 7) is 4.28. The molecule has 1 aliphatic rings. The molecule has 0 radical (unpaired) electrons.